The molecule has 0 aliphatic heterocycles. The van der Waals surface area contributed by atoms with Gasteiger partial charge in [0.25, 0.3) is 0 Å². The minimum atomic E-state index is -3.03. The zero-order chi connectivity index (χ0) is 20.4. The average molecular weight is 410 g/mol. The molecule has 8 heteroatoms. The summed E-state index contributed by atoms with van der Waals surface area (Å²) in [6.07, 6.45) is 6.78. The van der Waals surface area contributed by atoms with E-state index in [0.717, 1.165) is 33.3 Å². The summed E-state index contributed by atoms with van der Waals surface area (Å²) in [6, 6.07) is 13.9. The Balaban J connectivity index is 1.45. The number of aromatic nitrogens is 4. The fraction of sp³-hybridized carbons (Fsp3) is 0.238. The molecule has 2 aromatic carbocycles. The topological polar surface area (TPSA) is 85.0 Å². The standard InChI is InChI=1S/C21H22N4O3S/c1-24-14-19(13-22-24)17-5-3-4-16(10-17)15-28-20-6-7-21-18(11-20)12-23-25(21)8-9-29(2,26)27/h3-7,10-14H,8-9,15H2,1-2H3. The van der Waals surface area contributed by atoms with Crippen LogP contribution in [0, 0.1) is 0 Å². The lowest BCUT2D eigenvalue weighted by molar-refractivity contribution is 0.306. The quantitative estimate of drug-likeness (QED) is 0.437. The van der Waals surface area contributed by atoms with E-state index in [-0.39, 0.29) is 5.75 Å². The molecule has 0 saturated heterocycles. The van der Waals surface area contributed by atoms with E-state index in [2.05, 4.69) is 22.3 Å². The van der Waals surface area contributed by atoms with Crippen LogP contribution >= 0.6 is 0 Å². The molecule has 0 saturated carbocycles. The van der Waals surface area contributed by atoms with E-state index in [4.69, 9.17) is 4.74 Å². The van der Waals surface area contributed by atoms with Gasteiger partial charge in [0.2, 0.25) is 0 Å². The van der Waals surface area contributed by atoms with E-state index in [1.165, 1.54) is 6.26 Å². The third-order valence-corrected chi connectivity index (χ3v) is 5.58. The lowest BCUT2D eigenvalue weighted by Gasteiger charge is -2.10. The molecule has 0 N–H and O–H groups in total. The highest BCUT2D eigenvalue weighted by Crippen LogP contribution is 2.23. The van der Waals surface area contributed by atoms with E-state index in [9.17, 15) is 8.76 Å². The normalized spacial score (nSPS) is 13.5. The molecule has 0 spiro atoms. The molecule has 4 rings (SSSR count). The molecule has 0 amide bonds. The lowest BCUT2D eigenvalue weighted by Crippen LogP contribution is -2.17. The number of benzene rings is 2. The first-order valence-corrected chi connectivity index (χ1v) is 11.3. The highest BCUT2D eigenvalue weighted by Gasteiger charge is 2.10. The highest BCUT2D eigenvalue weighted by molar-refractivity contribution is 7.96. The van der Waals surface area contributed by atoms with Crippen LogP contribution in [0.25, 0.3) is 22.0 Å². The minimum Gasteiger partial charge on any atom is -0.615 e. The molecule has 29 heavy (non-hydrogen) atoms. The molecular weight excluding hydrogens is 388 g/mol. The fourth-order valence-corrected chi connectivity index (χ4v) is 3.67. The van der Waals surface area contributed by atoms with Gasteiger partial charge in [-0.15, -0.1) is 4.21 Å². The minimum absolute atomic E-state index is 0.0648. The Morgan fingerprint density at radius 2 is 1.97 bits per heavy atom. The van der Waals surface area contributed by atoms with E-state index < -0.39 is 10.2 Å². The second kappa shape index (κ2) is 7.81. The summed E-state index contributed by atoms with van der Waals surface area (Å²) in [7, 11) is -1.13. The van der Waals surface area contributed by atoms with Crippen LogP contribution in [0.4, 0.5) is 0 Å². The van der Waals surface area contributed by atoms with Crippen molar-refractivity contribution >= 4 is 21.1 Å². The van der Waals surface area contributed by atoms with Crippen molar-refractivity contribution in [2.45, 2.75) is 13.2 Å². The van der Waals surface area contributed by atoms with Gasteiger partial charge < -0.3 is 9.29 Å². The first-order valence-electron chi connectivity index (χ1n) is 9.21. The molecule has 2 heterocycles. The van der Waals surface area contributed by atoms with Gasteiger partial charge >= 0.3 is 0 Å². The predicted octanol–water partition coefficient (Wildman–Crippen LogP) is 3.28. The van der Waals surface area contributed by atoms with E-state index in [1.54, 1.807) is 15.6 Å². The molecule has 0 radical (unpaired) electrons. The molecule has 0 bridgehead atoms. The Morgan fingerprint density at radius 3 is 2.72 bits per heavy atom. The van der Waals surface area contributed by atoms with E-state index in [0.29, 0.717) is 13.2 Å². The van der Waals surface area contributed by atoms with Crippen LogP contribution in [0.3, 0.4) is 0 Å². The first kappa shape index (κ1) is 19.4. The molecule has 0 aliphatic rings. The van der Waals surface area contributed by atoms with Crippen molar-refractivity contribution in [3.63, 3.8) is 0 Å². The lowest BCUT2D eigenvalue weighted by atomic mass is 10.1. The molecule has 1 unspecified atom stereocenters. The van der Waals surface area contributed by atoms with Crippen LogP contribution in [0.2, 0.25) is 0 Å². The van der Waals surface area contributed by atoms with E-state index >= 15 is 0 Å². The van der Waals surface area contributed by atoms with Gasteiger partial charge in [-0.3, -0.25) is 9.36 Å². The Labute approximate surface area is 170 Å². The summed E-state index contributed by atoms with van der Waals surface area (Å²) in [5.41, 5.74) is 4.12. The van der Waals surface area contributed by atoms with Gasteiger partial charge in [0.05, 0.1) is 30.7 Å². The van der Waals surface area contributed by atoms with Gasteiger partial charge in [0.1, 0.15) is 18.1 Å². The molecule has 0 aliphatic carbocycles. The van der Waals surface area contributed by atoms with Crippen LogP contribution in [0.1, 0.15) is 5.56 Å². The highest BCUT2D eigenvalue weighted by atomic mass is 32.3. The number of nitrogens with zero attached hydrogens (tertiary/aromatic N) is 4. The fourth-order valence-electron chi connectivity index (χ4n) is 3.16. The van der Waals surface area contributed by atoms with Gasteiger partial charge in [0.15, 0.2) is 0 Å². The van der Waals surface area contributed by atoms with Gasteiger partial charge in [-0.1, -0.05) is 18.2 Å². The molecule has 1 atom stereocenters. The number of sulfone groups is 1. The Kier molecular flexibility index (Phi) is 5.21. The predicted molar refractivity (Wildman–Crippen MR) is 112 cm³/mol. The molecule has 150 valence electrons. The van der Waals surface area contributed by atoms with Crippen molar-refractivity contribution in [1.82, 2.24) is 19.6 Å². The maximum absolute atomic E-state index is 11.4. The molecule has 7 nitrogen and oxygen atoms in total. The number of rotatable bonds is 7. The second-order valence-corrected chi connectivity index (χ2v) is 9.37. The summed E-state index contributed by atoms with van der Waals surface area (Å²) in [4.78, 5) is 0. The van der Waals surface area contributed by atoms with Crippen LogP contribution in [0.15, 0.2) is 61.1 Å². The van der Waals surface area contributed by atoms with Gasteiger partial charge in [-0.05, 0) is 35.4 Å². The number of ether oxygens (including phenoxy) is 1. The van der Waals surface area contributed by atoms with Crippen LogP contribution < -0.4 is 4.74 Å². The monoisotopic (exact) mass is 410 g/mol. The zero-order valence-corrected chi connectivity index (χ0v) is 17.1. The van der Waals surface area contributed by atoms with Gasteiger partial charge in [-0.2, -0.15) is 10.2 Å². The van der Waals surface area contributed by atoms with Gasteiger partial charge in [0, 0.05) is 34.4 Å². The zero-order valence-electron chi connectivity index (χ0n) is 16.3. The number of hydrogen-bond acceptors (Lipinski definition) is 5. The van der Waals surface area contributed by atoms with Crippen LogP contribution in [0.5, 0.6) is 5.75 Å². The summed E-state index contributed by atoms with van der Waals surface area (Å²) in [6.45, 7) is 0.783. The molecule has 4 aromatic rings. The molecule has 2 aromatic heterocycles. The summed E-state index contributed by atoms with van der Waals surface area (Å²) in [5.74, 6) is 0.807. The van der Waals surface area contributed by atoms with Crippen molar-refractivity contribution in [2.24, 2.45) is 7.05 Å². The van der Waals surface area contributed by atoms with Gasteiger partial charge in [-0.25, -0.2) is 0 Å². The van der Waals surface area contributed by atoms with Crippen LogP contribution in [-0.2, 0) is 34.6 Å². The summed E-state index contributed by atoms with van der Waals surface area (Å²) in [5, 5.41) is 9.43. The largest absolute Gasteiger partial charge is 0.615 e. The van der Waals surface area contributed by atoms with Crippen molar-refractivity contribution in [3.05, 3.63) is 66.6 Å². The average Bonchev–Trinajstić information content (AvgIpc) is 3.30. The maximum Gasteiger partial charge on any atom is 0.128 e. The van der Waals surface area contributed by atoms with Crippen molar-refractivity contribution in [3.8, 4) is 16.9 Å². The summed E-state index contributed by atoms with van der Waals surface area (Å²) >= 11 is 0. The Morgan fingerprint density at radius 1 is 1.10 bits per heavy atom. The van der Waals surface area contributed by atoms with Crippen molar-refractivity contribution in [1.29, 1.82) is 0 Å². The molecular formula is C21H22N4O3S. The SMILES string of the molecule is Cn1cc(-c2cccc(COc3ccc4c(cnn4CC[S+](C)(=O)[O-])c3)c2)cn1. The smallest absolute Gasteiger partial charge is 0.128 e. The third-order valence-electron chi connectivity index (χ3n) is 4.66. The molecule has 0 fully saturated rings. The number of aryl methyl sites for hydroxylation is 2. The van der Waals surface area contributed by atoms with E-state index in [1.807, 2.05) is 49.8 Å². The first-order chi connectivity index (χ1) is 13.9. The van der Waals surface area contributed by atoms with Crippen molar-refractivity contribution in [2.75, 3.05) is 12.0 Å². The van der Waals surface area contributed by atoms with Crippen molar-refractivity contribution < 1.29 is 13.5 Å². The second-order valence-electron chi connectivity index (χ2n) is 7.11. The number of fused-ring (bicyclic) bond motifs is 1. The Bertz CT molecular complexity index is 1190. The number of hydrogen-bond donors (Lipinski definition) is 0. The Hall–Kier alpha value is -2.97. The van der Waals surface area contributed by atoms with Crippen LogP contribution in [-0.4, -0.2) is 36.1 Å². The summed E-state index contributed by atoms with van der Waals surface area (Å²) < 4.78 is 32.2. The maximum atomic E-state index is 11.4. The third kappa shape index (κ3) is 4.72.